The van der Waals surface area contributed by atoms with Crippen molar-refractivity contribution < 1.29 is 0 Å². The van der Waals surface area contributed by atoms with E-state index in [2.05, 4.69) is 59.5 Å². The molecule has 1 fully saturated rings. The Morgan fingerprint density at radius 2 is 1.89 bits per heavy atom. The van der Waals surface area contributed by atoms with Gasteiger partial charge in [-0.05, 0) is 43.0 Å². The van der Waals surface area contributed by atoms with Gasteiger partial charge in [0, 0.05) is 10.5 Å². The molecule has 18 heavy (non-hydrogen) atoms. The second kappa shape index (κ2) is 6.72. The Hall–Kier alpha value is -0.340. The van der Waals surface area contributed by atoms with Crippen molar-refractivity contribution in [3.63, 3.8) is 0 Å². The molecule has 0 spiro atoms. The van der Waals surface area contributed by atoms with E-state index in [1.54, 1.807) is 0 Å². The molecule has 1 aromatic carbocycles. The number of rotatable bonds is 4. The molecule has 0 saturated heterocycles. The zero-order chi connectivity index (χ0) is 13.0. The van der Waals surface area contributed by atoms with E-state index in [0.717, 1.165) is 16.3 Å². The van der Waals surface area contributed by atoms with Gasteiger partial charge >= 0.3 is 0 Å². The van der Waals surface area contributed by atoms with Crippen molar-refractivity contribution in [2.24, 2.45) is 11.8 Å². The molecule has 1 aromatic rings. The topological polar surface area (TPSA) is 12.0 Å². The normalized spacial score (nSPS) is 25.9. The van der Waals surface area contributed by atoms with Crippen LogP contribution < -0.4 is 5.32 Å². The highest BCUT2D eigenvalue weighted by atomic mass is 79.9. The van der Waals surface area contributed by atoms with Gasteiger partial charge in [0.05, 0.1) is 0 Å². The molecule has 1 saturated carbocycles. The zero-order valence-electron chi connectivity index (χ0n) is 11.5. The summed E-state index contributed by atoms with van der Waals surface area (Å²) in [5.74, 6) is 1.69. The van der Waals surface area contributed by atoms with Crippen LogP contribution in [0.25, 0.3) is 0 Å². The lowest BCUT2D eigenvalue weighted by atomic mass is 9.72. The molecule has 1 nitrogen and oxygen atoms in total. The first-order valence-corrected chi connectivity index (χ1v) is 7.98. The summed E-state index contributed by atoms with van der Waals surface area (Å²) in [6.07, 6.45) is 6.93. The van der Waals surface area contributed by atoms with Gasteiger partial charge in [-0.15, -0.1) is 0 Å². The summed E-state index contributed by atoms with van der Waals surface area (Å²) in [7, 11) is 2.11. The first kappa shape index (κ1) is 14.1. The SMILES string of the molecule is CCC1CCCCC1C(NC)c1ccc(Br)cc1. The minimum absolute atomic E-state index is 0.517. The van der Waals surface area contributed by atoms with Gasteiger partial charge < -0.3 is 5.32 Å². The van der Waals surface area contributed by atoms with Crippen LogP contribution in [-0.2, 0) is 0 Å². The molecule has 0 radical (unpaired) electrons. The molecule has 0 aliphatic heterocycles. The van der Waals surface area contributed by atoms with Gasteiger partial charge in [0.25, 0.3) is 0 Å². The summed E-state index contributed by atoms with van der Waals surface area (Å²) < 4.78 is 1.16. The summed E-state index contributed by atoms with van der Waals surface area (Å²) in [4.78, 5) is 0. The molecule has 1 N–H and O–H groups in total. The molecule has 1 aliphatic carbocycles. The highest BCUT2D eigenvalue weighted by Gasteiger charge is 2.30. The van der Waals surface area contributed by atoms with Crippen LogP contribution in [0.5, 0.6) is 0 Å². The van der Waals surface area contributed by atoms with Crippen LogP contribution in [0, 0.1) is 11.8 Å². The fraction of sp³-hybridized carbons (Fsp3) is 0.625. The van der Waals surface area contributed by atoms with Crippen molar-refractivity contribution in [1.29, 1.82) is 0 Å². The number of benzene rings is 1. The second-order valence-corrected chi connectivity index (χ2v) is 6.35. The van der Waals surface area contributed by atoms with E-state index >= 15 is 0 Å². The van der Waals surface area contributed by atoms with Crippen molar-refractivity contribution in [1.82, 2.24) is 5.32 Å². The maximum absolute atomic E-state index is 3.56. The molecule has 3 unspecified atom stereocenters. The summed E-state index contributed by atoms with van der Waals surface area (Å²) in [6.45, 7) is 2.34. The van der Waals surface area contributed by atoms with E-state index in [9.17, 15) is 0 Å². The monoisotopic (exact) mass is 309 g/mol. The third kappa shape index (κ3) is 3.16. The van der Waals surface area contributed by atoms with E-state index in [4.69, 9.17) is 0 Å². The van der Waals surface area contributed by atoms with E-state index in [0.29, 0.717) is 6.04 Å². The summed E-state index contributed by atoms with van der Waals surface area (Å²) >= 11 is 3.52. The first-order valence-electron chi connectivity index (χ1n) is 7.19. The number of hydrogen-bond donors (Lipinski definition) is 1. The predicted molar refractivity (Wildman–Crippen MR) is 81.7 cm³/mol. The molecular weight excluding hydrogens is 286 g/mol. The third-order valence-corrected chi connectivity index (χ3v) is 4.99. The van der Waals surface area contributed by atoms with Crippen LogP contribution in [0.4, 0.5) is 0 Å². The molecule has 100 valence electrons. The van der Waals surface area contributed by atoms with E-state index in [1.165, 1.54) is 37.7 Å². The fourth-order valence-corrected chi connectivity index (χ4v) is 3.74. The largest absolute Gasteiger partial charge is 0.313 e. The van der Waals surface area contributed by atoms with Crippen LogP contribution >= 0.6 is 15.9 Å². The van der Waals surface area contributed by atoms with Crippen LogP contribution in [0.15, 0.2) is 28.7 Å². The molecule has 0 aromatic heterocycles. The Morgan fingerprint density at radius 3 is 2.50 bits per heavy atom. The molecule has 1 aliphatic rings. The Labute approximate surface area is 119 Å². The van der Waals surface area contributed by atoms with Crippen molar-refractivity contribution >= 4 is 15.9 Å². The van der Waals surface area contributed by atoms with Crippen molar-refractivity contribution in [3.05, 3.63) is 34.3 Å². The lowest BCUT2D eigenvalue weighted by Crippen LogP contribution is -2.32. The van der Waals surface area contributed by atoms with Gasteiger partial charge in [-0.25, -0.2) is 0 Å². The van der Waals surface area contributed by atoms with Crippen molar-refractivity contribution in [3.8, 4) is 0 Å². The number of halogens is 1. The quantitative estimate of drug-likeness (QED) is 0.832. The van der Waals surface area contributed by atoms with Crippen LogP contribution in [-0.4, -0.2) is 7.05 Å². The number of hydrogen-bond acceptors (Lipinski definition) is 1. The van der Waals surface area contributed by atoms with E-state index in [-0.39, 0.29) is 0 Å². The van der Waals surface area contributed by atoms with Gasteiger partial charge in [0.2, 0.25) is 0 Å². The molecule has 0 amide bonds. The molecule has 3 atom stereocenters. The minimum Gasteiger partial charge on any atom is -0.313 e. The fourth-order valence-electron chi connectivity index (χ4n) is 3.48. The Kier molecular flexibility index (Phi) is 5.25. The highest BCUT2D eigenvalue weighted by molar-refractivity contribution is 9.10. The highest BCUT2D eigenvalue weighted by Crippen LogP contribution is 2.40. The minimum atomic E-state index is 0.517. The van der Waals surface area contributed by atoms with Gasteiger partial charge in [-0.1, -0.05) is 60.7 Å². The predicted octanol–water partition coefficient (Wildman–Crippen LogP) is 4.93. The molecule has 2 heteroatoms. The van der Waals surface area contributed by atoms with Gasteiger partial charge in [0.1, 0.15) is 0 Å². The smallest absolute Gasteiger partial charge is 0.0348 e. The molecule has 0 heterocycles. The van der Waals surface area contributed by atoms with Crippen molar-refractivity contribution in [2.75, 3.05) is 7.05 Å². The first-order chi connectivity index (χ1) is 8.76. The summed E-state index contributed by atoms with van der Waals surface area (Å²) in [5.41, 5.74) is 1.44. The zero-order valence-corrected chi connectivity index (χ0v) is 13.0. The average molecular weight is 310 g/mol. The van der Waals surface area contributed by atoms with Crippen molar-refractivity contribution in [2.45, 2.75) is 45.1 Å². The maximum atomic E-state index is 3.56. The maximum Gasteiger partial charge on any atom is 0.0348 e. The van der Waals surface area contributed by atoms with Crippen LogP contribution in [0.2, 0.25) is 0 Å². The van der Waals surface area contributed by atoms with Crippen LogP contribution in [0.1, 0.15) is 50.6 Å². The van der Waals surface area contributed by atoms with Gasteiger partial charge in [-0.2, -0.15) is 0 Å². The standard InChI is InChI=1S/C16H24BrN/c1-3-12-6-4-5-7-15(12)16(18-2)13-8-10-14(17)11-9-13/h8-12,15-16,18H,3-7H2,1-2H3. The number of nitrogens with one attached hydrogen (secondary N) is 1. The summed E-state index contributed by atoms with van der Waals surface area (Å²) in [6, 6.07) is 9.34. The average Bonchev–Trinajstić information content (AvgIpc) is 2.42. The summed E-state index contributed by atoms with van der Waals surface area (Å²) in [5, 5.41) is 3.56. The third-order valence-electron chi connectivity index (χ3n) is 4.46. The molecular formula is C16H24BrN. The lowest BCUT2D eigenvalue weighted by Gasteiger charge is -2.37. The Balaban J connectivity index is 2.18. The van der Waals surface area contributed by atoms with Gasteiger partial charge in [0.15, 0.2) is 0 Å². The van der Waals surface area contributed by atoms with Crippen LogP contribution in [0.3, 0.4) is 0 Å². The molecule has 0 bridgehead atoms. The van der Waals surface area contributed by atoms with Gasteiger partial charge in [-0.3, -0.25) is 0 Å². The van der Waals surface area contributed by atoms with E-state index < -0.39 is 0 Å². The molecule has 2 rings (SSSR count). The van der Waals surface area contributed by atoms with E-state index in [1.807, 2.05) is 0 Å². The Bertz CT molecular complexity index is 360. The second-order valence-electron chi connectivity index (χ2n) is 5.43. The lowest BCUT2D eigenvalue weighted by molar-refractivity contribution is 0.180. The Morgan fingerprint density at radius 1 is 1.22 bits per heavy atom.